The van der Waals surface area contributed by atoms with Gasteiger partial charge >= 0.3 is 11.9 Å². The Hall–Kier alpha value is -5.41. The van der Waals surface area contributed by atoms with E-state index in [0.29, 0.717) is 23.9 Å². The number of hydrogen-bond acceptors (Lipinski definition) is 8. The Morgan fingerprint density at radius 1 is 0.360 bits per heavy atom. The first-order chi connectivity index (χ1) is 42.0. The maximum atomic E-state index is 12.8. The predicted molar refractivity (Wildman–Crippen MR) is 368 cm³/mol. The van der Waals surface area contributed by atoms with Gasteiger partial charge in [0.1, 0.15) is 19.8 Å². The third-order valence-corrected chi connectivity index (χ3v) is 13.8. The second-order valence-electron chi connectivity index (χ2n) is 22.0. The number of phosphoric ester groups is 1. The molecule has 0 amide bonds. The van der Waals surface area contributed by atoms with Crippen LogP contribution in [0, 0.1) is 0 Å². The molecule has 0 aromatic rings. The maximum absolute atomic E-state index is 12.8. The SMILES string of the molecule is CC/C=C\C/C=C\C/C=C\C/C=C\C/C=C\C/C=C\C/C=C\C/C=C\C/C=C\C/C=C\CCCCCCC(=O)OC(COC(=O)CCCCCCC/C=C\C/C=C\C/C=C\C/C=C\C/C=C\C/C=C\C/C=C\CC)COP(=O)([O-])OCC[N+](C)(C)C. The summed E-state index contributed by atoms with van der Waals surface area (Å²) < 4.78 is 34.2. The molecule has 0 spiro atoms. The molecule has 0 N–H and O–H groups in total. The predicted octanol–water partition coefficient (Wildman–Crippen LogP) is 20.8. The molecule has 0 heterocycles. The van der Waals surface area contributed by atoms with Gasteiger partial charge in [-0.15, -0.1) is 0 Å². The van der Waals surface area contributed by atoms with E-state index in [1.54, 1.807) is 0 Å². The van der Waals surface area contributed by atoms with Gasteiger partial charge in [-0.05, 0) is 148 Å². The van der Waals surface area contributed by atoms with Gasteiger partial charge in [-0.2, -0.15) is 0 Å². The fourth-order valence-corrected chi connectivity index (χ4v) is 8.57. The second kappa shape index (κ2) is 64.1. The third-order valence-electron chi connectivity index (χ3n) is 12.8. The number of quaternary nitrogens is 1. The van der Waals surface area contributed by atoms with E-state index in [2.05, 4.69) is 220 Å². The third kappa shape index (κ3) is 67.7. The summed E-state index contributed by atoms with van der Waals surface area (Å²) in [6.07, 6.45) is 102. The zero-order chi connectivity index (χ0) is 62.6. The van der Waals surface area contributed by atoms with Crippen LogP contribution in [0.2, 0.25) is 0 Å². The second-order valence-corrected chi connectivity index (χ2v) is 23.4. The summed E-state index contributed by atoms with van der Waals surface area (Å²) in [5.41, 5.74) is 0. The van der Waals surface area contributed by atoms with Crippen LogP contribution in [0.4, 0.5) is 0 Å². The van der Waals surface area contributed by atoms with Crippen molar-refractivity contribution in [1.82, 2.24) is 0 Å². The summed E-state index contributed by atoms with van der Waals surface area (Å²) in [4.78, 5) is 38.0. The summed E-state index contributed by atoms with van der Waals surface area (Å²) in [7, 11) is 1.10. The number of carbonyl (C=O) groups is 2. The number of allylic oxidation sites excluding steroid dienone is 34. The Morgan fingerprint density at radius 2 is 0.628 bits per heavy atom. The summed E-state index contributed by atoms with van der Waals surface area (Å²) in [6.45, 7) is 3.92. The van der Waals surface area contributed by atoms with E-state index >= 15 is 0 Å². The lowest BCUT2D eigenvalue weighted by molar-refractivity contribution is -0.870. The number of ether oxygens (including phenoxy) is 2. The van der Waals surface area contributed by atoms with Gasteiger partial charge < -0.3 is 27.9 Å². The molecular formula is C76H118NO8P. The Morgan fingerprint density at radius 3 is 0.930 bits per heavy atom. The fourth-order valence-electron chi connectivity index (χ4n) is 7.84. The smallest absolute Gasteiger partial charge is 0.306 e. The molecule has 10 heteroatoms. The fraction of sp³-hybridized carbons (Fsp3) is 0.526. The molecule has 0 aromatic heterocycles. The van der Waals surface area contributed by atoms with E-state index in [9.17, 15) is 19.0 Å². The molecule has 0 aliphatic carbocycles. The van der Waals surface area contributed by atoms with Gasteiger partial charge in [-0.1, -0.05) is 253 Å². The number of rotatable bonds is 57. The number of hydrogen-bond donors (Lipinski definition) is 0. The Balaban J connectivity index is 4.29. The summed E-state index contributed by atoms with van der Waals surface area (Å²) in [5.74, 6) is -0.905. The summed E-state index contributed by atoms with van der Waals surface area (Å²) >= 11 is 0. The first kappa shape index (κ1) is 80.6. The summed E-state index contributed by atoms with van der Waals surface area (Å²) in [5, 5.41) is 0. The molecular weight excluding hydrogens is 1090 g/mol. The van der Waals surface area contributed by atoms with Crippen LogP contribution in [0.1, 0.15) is 206 Å². The Bertz CT molecular complexity index is 2200. The van der Waals surface area contributed by atoms with Crippen LogP contribution in [-0.4, -0.2) is 70.0 Å². The van der Waals surface area contributed by atoms with Gasteiger partial charge in [0.15, 0.2) is 6.10 Å². The lowest BCUT2D eigenvalue weighted by Crippen LogP contribution is -2.37. The van der Waals surface area contributed by atoms with Crippen LogP contribution < -0.4 is 4.89 Å². The molecule has 0 saturated carbocycles. The monoisotopic (exact) mass is 1200 g/mol. The van der Waals surface area contributed by atoms with Crippen LogP contribution in [0.5, 0.6) is 0 Å². The van der Waals surface area contributed by atoms with Crippen molar-refractivity contribution < 1.29 is 42.1 Å². The largest absolute Gasteiger partial charge is 0.756 e. The zero-order valence-electron chi connectivity index (χ0n) is 54.4. The van der Waals surface area contributed by atoms with Crippen molar-refractivity contribution in [3.8, 4) is 0 Å². The van der Waals surface area contributed by atoms with Gasteiger partial charge in [-0.3, -0.25) is 14.2 Å². The number of esters is 2. The summed E-state index contributed by atoms with van der Waals surface area (Å²) in [6, 6.07) is 0. The van der Waals surface area contributed by atoms with Crippen molar-refractivity contribution in [3.05, 3.63) is 207 Å². The molecule has 0 aliphatic rings. The molecule has 0 aliphatic heterocycles. The minimum Gasteiger partial charge on any atom is -0.756 e. The average molecular weight is 1200 g/mol. The minimum absolute atomic E-state index is 0.0526. The number of phosphoric acid groups is 1. The first-order valence-corrected chi connectivity index (χ1v) is 34.3. The van der Waals surface area contributed by atoms with Crippen molar-refractivity contribution >= 4 is 19.8 Å². The van der Waals surface area contributed by atoms with E-state index in [4.69, 9.17) is 18.5 Å². The van der Waals surface area contributed by atoms with Gasteiger partial charge in [0.05, 0.1) is 27.7 Å². The lowest BCUT2D eigenvalue weighted by atomic mass is 10.1. The van der Waals surface area contributed by atoms with E-state index in [0.717, 1.165) is 167 Å². The van der Waals surface area contributed by atoms with Gasteiger partial charge in [-0.25, -0.2) is 0 Å². The van der Waals surface area contributed by atoms with E-state index in [1.165, 1.54) is 0 Å². The zero-order valence-corrected chi connectivity index (χ0v) is 55.3. The van der Waals surface area contributed by atoms with Crippen LogP contribution in [0.25, 0.3) is 0 Å². The van der Waals surface area contributed by atoms with Crippen molar-refractivity contribution in [2.24, 2.45) is 0 Å². The Kier molecular flexibility index (Phi) is 60.0. The Labute approximate surface area is 525 Å². The van der Waals surface area contributed by atoms with Gasteiger partial charge in [0.25, 0.3) is 7.82 Å². The topological polar surface area (TPSA) is 111 Å². The average Bonchev–Trinajstić information content (AvgIpc) is 3.56. The number of likely N-dealkylation sites (N-methyl/N-ethyl adjacent to an activating group) is 1. The van der Waals surface area contributed by atoms with Crippen LogP contribution in [0.3, 0.4) is 0 Å². The molecule has 0 fully saturated rings. The highest BCUT2D eigenvalue weighted by molar-refractivity contribution is 7.45. The number of unbranched alkanes of at least 4 members (excludes halogenated alkanes) is 9. The molecule has 9 nitrogen and oxygen atoms in total. The highest BCUT2D eigenvalue weighted by Gasteiger charge is 2.22. The number of carbonyl (C=O) groups excluding carboxylic acids is 2. The van der Waals surface area contributed by atoms with Gasteiger partial charge in [0, 0.05) is 12.8 Å². The molecule has 86 heavy (non-hydrogen) atoms. The molecule has 0 bridgehead atoms. The standard InChI is InChI=1S/C76H118NO8P/c1-6-8-10-12-14-16-18-20-22-24-26-28-30-32-34-35-36-37-38-39-40-41-43-45-47-49-51-53-55-57-59-61-63-65-67-69-76(79)85-74(73-84-86(80,81)83-71-70-77(3,4)5)72-82-75(78)68-66-64-62-60-58-56-54-52-50-48-46-44-42-33-31-29-27-25-23-21-19-17-15-13-11-9-7-2/h8-11,14-17,20-23,26-29,32-34,36-37,39-40,42-43,45-46,48-49,51-52,54-55,57,74H,6-7,12-13,18-19,24-25,30-31,35,38,41,44,47,50,53,56,58-73H2,1-5H3/b10-8-,11-9-,16-14-,17-15-,22-20-,23-21-,28-26-,29-27-,34-32-,37-36-,40-39-,42-33-,45-43-,48-46-,51-49-,54-52-,57-55-. The van der Waals surface area contributed by atoms with Gasteiger partial charge in [0.2, 0.25) is 0 Å². The first-order valence-electron chi connectivity index (χ1n) is 32.8. The van der Waals surface area contributed by atoms with Crippen molar-refractivity contribution in [3.63, 3.8) is 0 Å². The van der Waals surface area contributed by atoms with Crippen molar-refractivity contribution in [2.75, 3.05) is 47.5 Å². The quantitative estimate of drug-likeness (QED) is 0.0195. The molecule has 0 aromatic carbocycles. The molecule has 0 saturated heterocycles. The van der Waals surface area contributed by atoms with E-state index in [-0.39, 0.29) is 26.1 Å². The number of nitrogens with zero attached hydrogens (tertiary/aromatic N) is 1. The van der Waals surface area contributed by atoms with Crippen LogP contribution in [0.15, 0.2) is 207 Å². The highest BCUT2D eigenvalue weighted by Crippen LogP contribution is 2.38. The van der Waals surface area contributed by atoms with Crippen LogP contribution in [-0.2, 0) is 32.7 Å². The minimum atomic E-state index is -4.67. The van der Waals surface area contributed by atoms with Crippen molar-refractivity contribution in [2.45, 2.75) is 213 Å². The molecule has 0 rings (SSSR count). The molecule has 0 radical (unpaired) electrons. The molecule has 2 unspecified atom stereocenters. The van der Waals surface area contributed by atoms with E-state index < -0.39 is 32.5 Å². The highest BCUT2D eigenvalue weighted by atomic mass is 31.2. The van der Waals surface area contributed by atoms with Crippen LogP contribution >= 0.6 is 7.82 Å². The lowest BCUT2D eigenvalue weighted by Gasteiger charge is -2.28. The normalized spacial score (nSPS) is 14.5. The van der Waals surface area contributed by atoms with E-state index in [1.807, 2.05) is 21.1 Å². The molecule has 480 valence electrons. The van der Waals surface area contributed by atoms with Crippen molar-refractivity contribution in [1.29, 1.82) is 0 Å². The maximum Gasteiger partial charge on any atom is 0.306 e. The molecule has 2 atom stereocenters.